The van der Waals surface area contributed by atoms with Crippen LogP contribution >= 0.6 is 0 Å². The molecule has 66 valence electrons. The summed E-state index contributed by atoms with van der Waals surface area (Å²) in [6.45, 7) is 6.64. The number of hydrogen-bond donors (Lipinski definition) is 0. The number of aliphatic carboxylic acids is 1. The van der Waals surface area contributed by atoms with Crippen LogP contribution in [-0.4, -0.2) is 12.0 Å². The molecule has 0 heterocycles. The van der Waals surface area contributed by atoms with Gasteiger partial charge in [0.25, 0.3) is 6.04 Å². The van der Waals surface area contributed by atoms with Gasteiger partial charge in [0.05, 0.1) is 6.42 Å². The van der Waals surface area contributed by atoms with Crippen LogP contribution in [0.5, 0.6) is 0 Å². The first-order valence-corrected chi connectivity index (χ1v) is 3.85. The van der Waals surface area contributed by atoms with Gasteiger partial charge < -0.3 is 14.7 Å². The molecule has 1 aromatic carbocycles. The summed E-state index contributed by atoms with van der Waals surface area (Å²) < 4.78 is 0. The van der Waals surface area contributed by atoms with Crippen molar-refractivity contribution in [1.29, 1.82) is 0 Å². The molecule has 0 aliphatic rings. The molecule has 3 nitrogen and oxygen atoms in total. The van der Waals surface area contributed by atoms with Gasteiger partial charge in [-0.25, -0.2) is 6.57 Å². The van der Waals surface area contributed by atoms with Gasteiger partial charge in [0, 0.05) is 0 Å². The minimum atomic E-state index is -1.31. The molecule has 0 radical (unpaired) electrons. The van der Waals surface area contributed by atoms with Gasteiger partial charge in [-0.15, -0.1) is 0 Å². The van der Waals surface area contributed by atoms with E-state index in [2.05, 4.69) is 4.85 Å². The summed E-state index contributed by atoms with van der Waals surface area (Å²) in [7, 11) is 0. The first-order chi connectivity index (χ1) is 6.24. The van der Waals surface area contributed by atoms with Gasteiger partial charge in [0.1, 0.15) is 5.97 Å². The third-order valence-corrected chi connectivity index (χ3v) is 1.70. The number of carbonyl (C=O) groups excluding carboxylic acids is 1. The predicted octanol–water partition coefficient (Wildman–Crippen LogP) is -2.73. The monoisotopic (exact) mass is 213 g/mol. The van der Waals surface area contributed by atoms with Crippen molar-refractivity contribution < 1.29 is 61.3 Å². The van der Waals surface area contributed by atoms with Crippen molar-refractivity contribution in [2.75, 3.05) is 0 Å². The molecule has 0 amide bonds. The average molecular weight is 213 g/mol. The van der Waals surface area contributed by atoms with Gasteiger partial charge in [-0.3, -0.25) is 0 Å². The largest absolute Gasteiger partial charge is 1.00 e. The Kier molecular flexibility index (Phi) is 7.06. The second-order valence-electron chi connectivity index (χ2n) is 2.65. The van der Waals surface area contributed by atoms with E-state index < -0.39 is 12.0 Å². The maximum absolute atomic E-state index is 10.4. The van der Waals surface area contributed by atoms with Gasteiger partial charge in [-0.2, -0.15) is 0 Å². The molecule has 0 bridgehead atoms. The van der Waals surface area contributed by atoms with E-state index in [1.807, 2.05) is 18.2 Å². The fourth-order valence-electron chi connectivity index (χ4n) is 1.02. The number of carboxylic acid groups (broad SMARTS) is 1. The van der Waals surface area contributed by atoms with Gasteiger partial charge >= 0.3 is 51.4 Å². The smallest absolute Gasteiger partial charge is 0.543 e. The third kappa shape index (κ3) is 4.36. The molecule has 1 rings (SSSR count). The molecule has 14 heavy (non-hydrogen) atoms. The summed E-state index contributed by atoms with van der Waals surface area (Å²) in [5, 5.41) is 10.4. The molecule has 4 heteroatoms. The van der Waals surface area contributed by atoms with E-state index in [0.717, 1.165) is 5.56 Å². The van der Waals surface area contributed by atoms with Crippen molar-refractivity contribution >= 4 is 5.97 Å². The van der Waals surface area contributed by atoms with Crippen LogP contribution in [-0.2, 0) is 11.2 Å². The van der Waals surface area contributed by atoms with Crippen molar-refractivity contribution in [1.82, 2.24) is 0 Å². The number of nitrogens with zero attached hydrogens (tertiary/aromatic N) is 1. The fraction of sp³-hybridized carbons (Fsp3) is 0.200. The Bertz CT molecular complexity index is 332. The molecule has 0 fully saturated rings. The van der Waals surface area contributed by atoms with E-state index in [9.17, 15) is 9.90 Å². The van der Waals surface area contributed by atoms with Crippen LogP contribution in [0.3, 0.4) is 0 Å². The molecule has 0 saturated heterocycles. The van der Waals surface area contributed by atoms with Gasteiger partial charge in [0.2, 0.25) is 0 Å². The van der Waals surface area contributed by atoms with Gasteiger partial charge in [-0.1, -0.05) is 30.3 Å². The van der Waals surface area contributed by atoms with E-state index in [-0.39, 0.29) is 57.8 Å². The van der Waals surface area contributed by atoms with Crippen molar-refractivity contribution in [3.63, 3.8) is 0 Å². The van der Waals surface area contributed by atoms with Gasteiger partial charge in [0.15, 0.2) is 0 Å². The van der Waals surface area contributed by atoms with Crippen LogP contribution in [0.25, 0.3) is 4.85 Å². The normalized spacial score (nSPS) is 10.8. The van der Waals surface area contributed by atoms with E-state index in [0.29, 0.717) is 0 Å². The van der Waals surface area contributed by atoms with E-state index in [1.165, 1.54) is 0 Å². The number of rotatable bonds is 3. The van der Waals surface area contributed by atoms with Crippen LogP contribution < -0.4 is 56.5 Å². The molecule has 1 atom stereocenters. The molecule has 0 saturated carbocycles. The Morgan fingerprint density at radius 3 is 2.43 bits per heavy atom. The summed E-state index contributed by atoms with van der Waals surface area (Å²) in [6, 6.07) is 7.98. The Morgan fingerprint density at radius 1 is 1.43 bits per heavy atom. The van der Waals surface area contributed by atoms with Gasteiger partial charge in [-0.05, 0) is 5.56 Å². The molecule has 0 N–H and O–H groups in total. The third-order valence-electron chi connectivity index (χ3n) is 1.70. The van der Waals surface area contributed by atoms with E-state index >= 15 is 0 Å². The summed E-state index contributed by atoms with van der Waals surface area (Å²) in [4.78, 5) is 13.4. The Morgan fingerprint density at radius 2 is 2.00 bits per heavy atom. The van der Waals surface area contributed by atoms with Crippen LogP contribution in [0.4, 0.5) is 0 Å². The molecule has 1 unspecified atom stereocenters. The molecule has 0 aliphatic carbocycles. The molecular weight excluding hydrogens is 205 g/mol. The zero-order chi connectivity index (χ0) is 9.68. The molecule has 0 spiro atoms. The maximum atomic E-state index is 10.4. The van der Waals surface area contributed by atoms with Crippen molar-refractivity contribution in [3.8, 4) is 0 Å². The number of carbonyl (C=O) groups is 1. The quantitative estimate of drug-likeness (QED) is 0.404. The van der Waals surface area contributed by atoms with Crippen molar-refractivity contribution in [2.45, 2.75) is 12.5 Å². The minimum Gasteiger partial charge on any atom is -0.543 e. The van der Waals surface area contributed by atoms with Crippen molar-refractivity contribution in [2.24, 2.45) is 0 Å². The standard InChI is InChI=1S/C10H9NO2.K/c1-11-9(10(12)13)7-8-5-3-2-4-6-8;/h2-6,9H,7H2,(H,12,13);/q;+1/p-1. The Hall–Kier alpha value is -0.184. The van der Waals surface area contributed by atoms with E-state index in [1.54, 1.807) is 12.1 Å². The number of hydrogen-bond acceptors (Lipinski definition) is 2. The SMILES string of the molecule is [C-]#[N+]C(Cc1ccccc1)C(=O)[O-].[K+]. The Labute approximate surface area is 125 Å². The first-order valence-electron chi connectivity index (χ1n) is 3.85. The maximum Gasteiger partial charge on any atom is 1.00 e. The minimum absolute atomic E-state index is 0. The first kappa shape index (κ1) is 13.8. The Balaban J connectivity index is 0.00000169. The van der Waals surface area contributed by atoms with E-state index in [4.69, 9.17) is 6.57 Å². The number of carboxylic acids is 1. The zero-order valence-corrected chi connectivity index (χ0v) is 11.1. The summed E-state index contributed by atoms with van der Waals surface area (Å²) in [5.74, 6) is -1.31. The predicted molar refractivity (Wildman–Crippen MR) is 45.5 cm³/mol. The van der Waals surface area contributed by atoms with Crippen LogP contribution in [0.15, 0.2) is 30.3 Å². The molecule has 1 aromatic rings. The van der Waals surface area contributed by atoms with Crippen LogP contribution in [0.2, 0.25) is 0 Å². The topological polar surface area (TPSA) is 44.5 Å². The number of benzene rings is 1. The molecular formula is C10H8KNO2. The second kappa shape index (κ2) is 7.15. The second-order valence-corrected chi connectivity index (χ2v) is 2.65. The van der Waals surface area contributed by atoms with Crippen LogP contribution in [0, 0.1) is 6.57 Å². The van der Waals surface area contributed by atoms with Crippen molar-refractivity contribution in [3.05, 3.63) is 47.3 Å². The summed E-state index contributed by atoms with van der Waals surface area (Å²) >= 11 is 0. The molecule has 0 aliphatic heterocycles. The molecule has 0 aromatic heterocycles. The fourth-order valence-corrected chi connectivity index (χ4v) is 1.02. The summed E-state index contributed by atoms with van der Waals surface area (Å²) in [6.07, 6.45) is 0.215. The summed E-state index contributed by atoms with van der Waals surface area (Å²) in [5.41, 5.74) is 0.840. The zero-order valence-electron chi connectivity index (χ0n) is 7.93. The van der Waals surface area contributed by atoms with Crippen LogP contribution in [0.1, 0.15) is 5.56 Å². The average Bonchev–Trinajstić information content (AvgIpc) is 2.15.